The number of nitrogens with one attached hydrogen (secondary N) is 1. The van der Waals surface area contributed by atoms with Gasteiger partial charge in [0.1, 0.15) is 10.7 Å². The fourth-order valence-corrected chi connectivity index (χ4v) is 3.47. The first-order valence-corrected chi connectivity index (χ1v) is 9.52. The molecule has 0 radical (unpaired) electrons. The summed E-state index contributed by atoms with van der Waals surface area (Å²) >= 11 is 3.06. The number of carbonyl (C=O) groups excluding carboxylic acids is 1. The maximum Gasteiger partial charge on any atom is 0.264 e. The zero-order valence-corrected chi connectivity index (χ0v) is 14.4. The van der Waals surface area contributed by atoms with Gasteiger partial charge in [-0.3, -0.25) is 4.79 Å². The predicted octanol–water partition coefficient (Wildman–Crippen LogP) is 3.29. The van der Waals surface area contributed by atoms with Crippen LogP contribution in [0.1, 0.15) is 30.1 Å². The first-order chi connectivity index (χ1) is 9.70. The first kappa shape index (κ1) is 16.7. The molecule has 1 saturated carbocycles. The summed E-state index contributed by atoms with van der Waals surface area (Å²) in [6.07, 6.45) is 2.35. The average Bonchev–Trinajstić information content (AvgIpc) is 3.18. The Morgan fingerprint density at radius 1 is 1.52 bits per heavy atom. The van der Waals surface area contributed by atoms with E-state index in [1.807, 2.05) is 6.92 Å². The van der Waals surface area contributed by atoms with Crippen LogP contribution in [0.3, 0.4) is 0 Å². The van der Waals surface area contributed by atoms with Crippen molar-refractivity contribution < 1.29 is 17.6 Å². The van der Waals surface area contributed by atoms with Crippen LogP contribution >= 0.6 is 26.6 Å². The Morgan fingerprint density at radius 3 is 2.67 bits per heavy atom. The molecule has 1 N–H and O–H groups in total. The molecule has 116 valence electrons. The van der Waals surface area contributed by atoms with E-state index in [2.05, 4.69) is 21.2 Å². The highest BCUT2D eigenvalue weighted by atomic mass is 79.9. The Kier molecular flexibility index (Phi) is 4.95. The molecule has 1 amide bonds. The first-order valence-electron chi connectivity index (χ1n) is 6.42. The Bertz CT molecular complexity index is 676. The second-order valence-corrected chi connectivity index (χ2v) is 8.61. The molecule has 0 heterocycles. The molecule has 1 aliphatic rings. The lowest BCUT2D eigenvalue weighted by atomic mass is 10.1. The van der Waals surface area contributed by atoms with Crippen molar-refractivity contribution >= 4 is 41.6 Å². The van der Waals surface area contributed by atoms with Gasteiger partial charge in [-0.1, -0.05) is 6.92 Å². The molecule has 1 unspecified atom stereocenters. The van der Waals surface area contributed by atoms with Gasteiger partial charge < -0.3 is 5.32 Å². The molecule has 1 fully saturated rings. The third-order valence-electron chi connectivity index (χ3n) is 3.54. The zero-order chi connectivity index (χ0) is 15.8. The summed E-state index contributed by atoms with van der Waals surface area (Å²) in [7, 11) is 0.911. The molecule has 1 atom stereocenters. The van der Waals surface area contributed by atoms with Crippen molar-refractivity contribution in [2.45, 2.75) is 24.7 Å². The number of amides is 1. The number of halogens is 3. The second-order valence-electron chi connectivity index (χ2n) is 5.23. The van der Waals surface area contributed by atoms with Gasteiger partial charge in [0, 0.05) is 21.7 Å². The van der Waals surface area contributed by atoms with Crippen LogP contribution in [0.5, 0.6) is 0 Å². The average molecular weight is 399 g/mol. The minimum atomic E-state index is -4.24. The minimum absolute atomic E-state index is 0.0404. The Balaban J connectivity index is 2.19. The number of hydrogen-bond acceptors (Lipinski definition) is 3. The van der Waals surface area contributed by atoms with Crippen LogP contribution in [0.4, 0.5) is 4.39 Å². The highest BCUT2D eigenvalue weighted by Crippen LogP contribution is 2.36. The maximum absolute atomic E-state index is 13.6. The molecule has 4 nitrogen and oxygen atoms in total. The number of carbonyl (C=O) groups is 1. The zero-order valence-electron chi connectivity index (χ0n) is 11.2. The van der Waals surface area contributed by atoms with Gasteiger partial charge in [-0.15, -0.1) is 0 Å². The third kappa shape index (κ3) is 4.17. The van der Waals surface area contributed by atoms with Gasteiger partial charge in [0.15, 0.2) is 0 Å². The Morgan fingerprint density at radius 2 is 2.14 bits per heavy atom. The molecule has 8 heteroatoms. The summed E-state index contributed by atoms with van der Waals surface area (Å²) in [5, 5.41) is 2.73. The SMILES string of the molecule is CC(CNC(=O)c1cc(S(=O)(=O)Cl)c(F)cc1Br)C1CC1. The van der Waals surface area contributed by atoms with Crippen LogP contribution < -0.4 is 5.32 Å². The summed E-state index contributed by atoms with van der Waals surface area (Å²) in [5.41, 5.74) is 0.0404. The number of hydrogen-bond donors (Lipinski definition) is 1. The van der Waals surface area contributed by atoms with E-state index in [4.69, 9.17) is 10.7 Å². The third-order valence-corrected chi connectivity index (χ3v) is 5.53. The number of benzene rings is 1. The van der Waals surface area contributed by atoms with E-state index in [0.29, 0.717) is 18.4 Å². The summed E-state index contributed by atoms with van der Waals surface area (Å²) in [6, 6.07) is 1.87. The van der Waals surface area contributed by atoms with Crippen molar-refractivity contribution in [3.05, 3.63) is 28.0 Å². The van der Waals surface area contributed by atoms with Crippen LogP contribution in [-0.2, 0) is 9.05 Å². The molecule has 0 aliphatic heterocycles. The van der Waals surface area contributed by atoms with E-state index in [1.54, 1.807) is 0 Å². The monoisotopic (exact) mass is 397 g/mol. The van der Waals surface area contributed by atoms with Crippen molar-refractivity contribution in [3.8, 4) is 0 Å². The normalized spacial score (nSPS) is 16.6. The highest BCUT2D eigenvalue weighted by molar-refractivity contribution is 9.10. The Labute approximate surface area is 135 Å². The van der Waals surface area contributed by atoms with Gasteiger partial charge in [0.2, 0.25) is 0 Å². The molecule has 0 bridgehead atoms. The summed E-state index contributed by atoms with van der Waals surface area (Å²) in [4.78, 5) is 11.4. The predicted molar refractivity (Wildman–Crippen MR) is 81.4 cm³/mol. The highest BCUT2D eigenvalue weighted by Gasteiger charge is 2.28. The lowest BCUT2D eigenvalue weighted by Crippen LogP contribution is -2.29. The smallest absolute Gasteiger partial charge is 0.264 e. The summed E-state index contributed by atoms with van der Waals surface area (Å²) < 4.78 is 36.3. The molecule has 2 rings (SSSR count). The van der Waals surface area contributed by atoms with Crippen molar-refractivity contribution in [1.29, 1.82) is 0 Å². The fourth-order valence-electron chi connectivity index (χ4n) is 2.07. The molecule has 21 heavy (non-hydrogen) atoms. The second kappa shape index (κ2) is 6.22. The quantitative estimate of drug-likeness (QED) is 0.774. The van der Waals surface area contributed by atoms with Crippen LogP contribution in [0.15, 0.2) is 21.5 Å². The van der Waals surface area contributed by atoms with Crippen LogP contribution in [0.25, 0.3) is 0 Å². The lowest BCUT2D eigenvalue weighted by molar-refractivity contribution is 0.0945. The van der Waals surface area contributed by atoms with Crippen LogP contribution in [0, 0.1) is 17.7 Å². The fraction of sp³-hybridized carbons (Fsp3) is 0.462. The van der Waals surface area contributed by atoms with Crippen molar-refractivity contribution in [2.75, 3.05) is 6.54 Å². The standard InChI is InChI=1S/C13H14BrClFNO3S/c1-7(8-2-3-8)6-17-13(18)9-4-12(21(15,19)20)11(16)5-10(9)14/h4-5,7-8H,2-3,6H2,1H3,(H,17,18). The van der Waals surface area contributed by atoms with E-state index >= 15 is 0 Å². The van der Waals surface area contributed by atoms with Crippen molar-refractivity contribution in [2.24, 2.45) is 11.8 Å². The van der Waals surface area contributed by atoms with Crippen LogP contribution in [0.2, 0.25) is 0 Å². The van der Waals surface area contributed by atoms with Gasteiger partial charge in [0.25, 0.3) is 15.0 Å². The summed E-state index contributed by atoms with van der Waals surface area (Å²) in [5.74, 6) is -0.458. The van der Waals surface area contributed by atoms with E-state index in [9.17, 15) is 17.6 Å². The largest absolute Gasteiger partial charge is 0.352 e. The molecule has 0 spiro atoms. The molecule has 0 aromatic heterocycles. The molecular formula is C13H14BrClFNO3S. The minimum Gasteiger partial charge on any atom is -0.352 e. The van der Waals surface area contributed by atoms with Gasteiger partial charge in [0.05, 0.1) is 5.56 Å². The van der Waals surface area contributed by atoms with Gasteiger partial charge in [-0.25, -0.2) is 12.8 Å². The maximum atomic E-state index is 13.6. The van der Waals surface area contributed by atoms with Crippen LogP contribution in [-0.4, -0.2) is 20.9 Å². The topological polar surface area (TPSA) is 63.2 Å². The van der Waals surface area contributed by atoms with Gasteiger partial charge in [-0.05, 0) is 52.7 Å². The van der Waals surface area contributed by atoms with E-state index in [-0.39, 0.29) is 10.0 Å². The molecule has 1 aromatic rings. The molecule has 1 aliphatic carbocycles. The lowest BCUT2D eigenvalue weighted by Gasteiger charge is -2.13. The number of rotatable bonds is 5. The van der Waals surface area contributed by atoms with Crippen molar-refractivity contribution in [3.63, 3.8) is 0 Å². The van der Waals surface area contributed by atoms with E-state index in [0.717, 1.165) is 12.1 Å². The van der Waals surface area contributed by atoms with Gasteiger partial charge in [-0.2, -0.15) is 0 Å². The molecular weight excluding hydrogens is 385 g/mol. The Hall–Kier alpha value is -0.660. The molecule has 1 aromatic carbocycles. The van der Waals surface area contributed by atoms with E-state index in [1.165, 1.54) is 12.8 Å². The summed E-state index contributed by atoms with van der Waals surface area (Å²) in [6.45, 7) is 2.54. The molecule has 0 saturated heterocycles. The van der Waals surface area contributed by atoms with Crippen molar-refractivity contribution in [1.82, 2.24) is 5.32 Å². The van der Waals surface area contributed by atoms with E-state index < -0.39 is 25.7 Å². The van der Waals surface area contributed by atoms with Gasteiger partial charge >= 0.3 is 0 Å².